The van der Waals surface area contributed by atoms with Crippen molar-refractivity contribution in [1.82, 2.24) is 5.32 Å². The van der Waals surface area contributed by atoms with Gasteiger partial charge in [0, 0.05) is 5.02 Å². The predicted molar refractivity (Wildman–Crippen MR) is 120 cm³/mol. The summed E-state index contributed by atoms with van der Waals surface area (Å²) in [5, 5.41) is 3.38. The van der Waals surface area contributed by atoms with Crippen molar-refractivity contribution in [3.8, 4) is 0 Å². The molecule has 0 aliphatic carbocycles. The van der Waals surface area contributed by atoms with E-state index in [0.717, 1.165) is 23.8 Å². The quantitative estimate of drug-likeness (QED) is 0.655. The van der Waals surface area contributed by atoms with Crippen molar-refractivity contribution in [2.45, 2.75) is 52.6 Å². The molecule has 158 valence electrons. The van der Waals surface area contributed by atoms with Crippen LogP contribution in [-0.4, -0.2) is 26.6 Å². The van der Waals surface area contributed by atoms with Crippen LogP contribution in [-0.2, 0) is 21.2 Å². The Hall–Kier alpha value is -2.05. The summed E-state index contributed by atoms with van der Waals surface area (Å²) < 4.78 is 26.4. The molecule has 0 saturated heterocycles. The number of amides is 1. The van der Waals surface area contributed by atoms with Crippen molar-refractivity contribution >= 4 is 33.2 Å². The Morgan fingerprint density at radius 1 is 1.14 bits per heavy atom. The van der Waals surface area contributed by atoms with Crippen molar-refractivity contribution in [1.29, 1.82) is 0 Å². The zero-order valence-electron chi connectivity index (χ0n) is 17.6. The Bertz CT molecular complexity index is 959. The Morgan fingerprint density at radius 3 is 2.28 bits per heavy atom. The van der Waals surface area contributed by atoms with Crippen LogP contribution in [0.25, 0.3) is 0 Å². The second-order valence-electron chi connectivity index (χ2n) is 7.24. The van der Waals surface area contributed by atoms with Gasteiger partial charge in [0.25, 0.3) is 0 Å². The van der Waals surface area contributed by atoms with Gasteiger partial charge >= 0.3 is 0 Å². The number of anilines is 1. The minimum absolute atomic E-state index is 0.246. The second kappa shape index (κ2) is 9.63. The molecule has 2 aromatic carbocycles. The molecule has 1 amide bonds. The maximum Gasteiger partial charge on any atom is 0.244 e. The SMILES string of the molecule is CCc1ccc([C@H](C)NC(=O)[C@@H](CC)N(c2cc(Cl)ccc2C)S(C)(=O)=O)cc1. The Morgan fingerprint density at radius 2 is 1.76 bits per heavy atom. The Balaban J connectivity index is 2.34. The number of hydrogen-bond donors (Lipinski definition) is 1. The molecule has 29 heavy (non-hydrogen) atoms. The third-order valence-corrected chi connectivity index (χ3v) is 6.39. The minimum atomic E-state index is -3.71. The fraction of sp³-hybridized carbons (Fsp3) is 0.409. The van der Waals surface area contributed by atoms with Crippen molar-refractivity contribution < 1.29 is 13.2 Å². The average molecular weight is 437 g/mol. The van der Waals surface area contributed by atoms with Crippen LogP contribution in [0.3, 0.4) is 0 Å². The van der Waals surface area contributed by atoms with E-state index in [-0.39, 0.29) is 11.9 Å². The molecule has 0 unspecified atom stereocenters. The molecule has 0 aliphatic heterocycles. The van der Waals surface area contributed by atoms with Crippen LogP contribution < -0.4 is 9.62 Å². The van der Waals surface area contributed by atoms with Crippen molar-refractivity contribution in [3.05, 3.63) is 64.2 Å². The number of benzene rings is 2. The zero-order chi connectivity index (χ0) is 21.8. The highest BCUT2D eigenvalue weighted by Gasteiger charge is 2.33. The van der Waals surface area contributed by atoms with Crippen LogP contribution in [0.4, 0.5) is 5.69 Å². The number of carbonyl (C=O) groups excluding carboxylic acids is 1. The molecule has 0 fully saturated rings. The topological polar surface area (TPSA) is 66.5 Å². The summed E-state index contributed by atoms with van der Waals surface area (Å²) in [5.41, 5.74) is 3.34. The number of sulfonamides is 1. The van der Waals surface area contributed by atoms with Gasteiger partial charge in [0.05, 0.1) is 18.0 Å². The number of nitrogens with one attached hydrogen (secondary N) is 1. The zero-order valence-corrected chi connectivity index (χ0v) is 19.1. The third-order valence-electron chi connectivity index (χ3n) is 4.99. The van der Waals surface area contributed by atoms with E-state index in [2.05, 4.69) is 12.2 Å². The first kappa shape index (κ1) is 23.2. The second-order valence-corrected chi connectivity index (χ2v) is 9.53. The molecule has 0 heterocycles. The lowest BCUT2D eigenvalue weighted by atomic mass is 10.0. The molecule has 2 rings (SSSR count). The van der Waals surface area contributed by atoms with Gasteiger partial charge in [0.15, 0.2) is 0 Å². The Labute approximate surface area is 179 Å². The number of carbonyl (C=O) groups is 1. The van der Waals surface area contributed by atoms with E-state index in [1.807, 2.05) is 31.2 Å². The molecular formula is C22H29ClN2O3S. The summed E-state index contributed by atoms with van der Waals surface area (Å²) in [7, 11) is -3.71. The lowest BCUT2D eigenvalue weighted by Gasteiger charge is -2.32. The normalized spacial score (nSPS) is 13.6. The predicted octanol–water partition coefficient (Wildman–Crippen LogP) is 4.63. The molecule has 0 aliphatic rings. The maximum absolute atomic E-state index is 13.1. The van der Waals surface area contributed by atoms with E-state index in [1.165, 1.54) is 9.87 Å². The fourth-order valence-corrected chi connectivity index (χ4v) is 4.72. The van der Waals surface area contributed by atoms with Gasteiger partial charge in [-0.15, -0.1) is 0 Å². The van der Waals surface area contributed by atoms with E-state index in [4.69, 9.17) is 11.6 Å². The van der Waals surface area contributed by atoms with Crippen LogP contribution in [0, 0.1) is 6.92 Å². The van der Waals surface area contributed by atoms with Gasteiger partial charge in [-0.25, -0.2) is 8.42 Å². The molecule has 2 atom stereocenters. The van der Waals surface area contributed by atoms with Gasteiger partial charge in [-0.3, -0.25) is 9.10 Å². The number of hydrogen-bond acceptors (Lipinski definition) is 3. The largest absolute Gasteiger partial charge is 0.348 e. The van der Waals surface area contributed by atoms with Crippen LogP contribution in [0.15, 0.2) is 42.5 Å². The van der Waals surface area contributed by atoms with E-state index < -0.39 is 16.1 Å². The first-order chi connectivity index (χ1) is 13.6. The molecule has 0 radical (unpaired) electrons. The summed E-state index contributed by atoms with van der Waals surface area (Å²) in [4.78, 5) is 13.1. The van der Waals surface area contributed by atoms with Gasteiger partial charge in [0.2, 0.25) is 15.9 Å². The van der Waals surface area contributed by atoms with Gasteiger partial charge < -0.3 is 5.32 Å². The van der Waals surface area contributed by atoms with Crippen molar-refractivity contribution in [2.24, 2.45) is 0 Å². The monoisotopic (exact) mass is 436 g/mol. The molecule has 5 nitrogen and oxygen atoms in total. The standard InChI is InChI=1S/C22H29ClN2O3S/c1-6-17-9-11-18(12-10-17)16(4)24-22(26)20(7-2)25(29(5,27)28)21-14-19(23)13-8-15(21)3/h8-14,16,20H,6-7H2,1-5H3,(H,24,26)/t16-,20+/m0/s1. The van der Waals surface area contributed by atoms with Gasteiger partial charge in [-0.1, -0.05) is 55.8 Å². The van der Waals surface area contributed by atoms with Gasteiger partial charge in [-0.2, -0.15) is 0 Å². The smallest absolute Gasteiger partial charge is 0.244 e. The highest BCUT2D eigenvalue weighted by atomic mass is 35.5. The average Bonchev–Trinajstić information content (AvgIpc) is 2.67. The number of nitrogens with zero attached hydrogens (tertiary/aromatic N) is 1. The van der Waals surface area contributed by atoms with Crippen LogP contribution in [0.1, 0.15) is 49.9 Å². The third kappa shape index (κ3) is 5.73. The summed E-state index contributed by atoms with van der Waals surface area (Å²) in [6, 6.07) is 12.0. The lowest BCUT2D eigenvalue weighted by Crippen LogP contribution is -2.50. The summed E-state index contributed by atoms with van der Waals surface area (Å²) in [6.45, 7) is 7.57. The van der Waals surface area contributed by atoms with Crippen molar-refractivity contribution in [2.75, 3.05) is 10.6 Å². The highest BCUT2D eigenvalue weighted by molar-refractivity contribution is 7.92. The first-order valence-corrected chi connectivity index (χ1v) is 12.0. The molecule has 1 N–H and O–H groups in total. The Kier molecular flexibility index (Phi) is 7.72. The van der Waals surface area contributed by atoms with E-state index in [9.17, 15) is 13.2 Å². The van der Waals surface area contributed by atoms with Crippen LogP contribution in [0.5, 0.6) is 0 Å². The number of aryl methyl sites for hydroxylation is 2. The summed E-state index contributed by atoms with van der Waals surface area (Å²) >= 11 is 6.11. The first-order valence-electron chi connectivity index (χ1n) is 9.73. The molecule has 7 heteroatoms. The fourth-order valence-electron chi connectivity index (χ4n) is 3.29. The molecule has 0 bridgehead atoms. The van der Waals surface area contributed by atoms with E-state index >= 15 is 0 Å². The molecular weight excluding hydrogens is 408 g/mol. The minimum Gasteiger partial charge on any atom is -0.348 e. The maximum atomic E-state index is 13.1. The molecule has 0 saturated carbocycles. The highest BCUT2D eigenvalue weighted by Crippen LogP contribution is 2.29. The summed E-state index contributed by atoms with van der Waals surface area (Å²) in [5.74, 6) is -0.343. The van der Waals surface area contributed by atoms with Crippen molar-refractivity contribution in [3.63, 3.8) is 0 Å². The van der Waals surface area contributed by atoms with E-state index in [1.54, 1.807) is 32.0 Å². The van der Waals surface area contributed by atoms with E-state index in [0.29, 0.717) is 17.1 Å². The molecule has 0 aromatic heterocycles. The van der Waals surface area contributed by atoms with Crippen LogP contribution >= 0.6 is 11.6 Å². The van der Waals surface area contributed by atoms with Crippen LogP contribution in [0.2, 0.25) is 5.02 Å². The number of halogens is 1. The molecule has 0 spiro atoms. The summed E-state index contributed by atoms with van der Waals surface area (Å²) in [6.07, 6.45) is 2.38. The number of rotatable bonds is 8. The molecule has 2 aromatic rings. The van der Waals surface area contributed by atoms with Gasteiger partial charge in [-0.05, 0) is 55.5 Å². The lowest BCUT2D eigenvalue weighted by molar-refractivity contribution is -0.122. The van der Waals surface area contributed by atoms with Gasteiger partial charge in [0.1, 0.15) is 6.04 Å².